The Bertz CT molecular complexity index is 401. The standard InChI is InChI=1S/C12H11NO2/c1-15-12(14)11(9-13)8-7-10-5-3-2-4-6-10/h2-6,8H,7H2,1H3/b11-8+. The minimum absolute atomic E-state index is 0.0429. The van der Waals surface area contributed by atoms with Crippen LogP contribution >= 0.6 is 0 Å². The van der Waals surface area contributed by atoms with Crippen LogP contribution in [0.25, 0.3) is 0 Å². The molecule has 3 heteroatoms. The van der Waals surface area contributed by atoms with Crippen molar-refractivity contribution in [3.63, 3.8) is 0 Å². The fourth-order valence-corrected chi connectivity index (χ4v) is 1.12. The van der Waals surface area contributed by atoms with Crippen LogP contribution in [0.1, 0.15) is 5.56 Å². The molecule has 1 aromatic carbocycles. The summed E-state index contributed by atoms with van der Waals surface area (Å²) in [6.07, 6.45) is 2.12. The van der Waals surface area contributed by atoms with Crippen LogP contribution in [0.5, 0.6) is 0 Å². The van der Waals surface area contributed by atoms with Crippen LogP contribution in [-0.4, -0.2) is 13.1 Å². The largest absolute Gasteiger partial charge is 0.465 e. The predicted octanol–water partition coefficient (Wildman–Crippen LogP) is 1.85. The lowest BCUT2D eigenvalue weighted by Gasteiger charge is -1.97. The van der Waals surface area contributed by atoms with Crippen molar-refractivity contribution in [3.05, 3.63) is 47.5 Å². The van der Waals surface area contributed by atoms with Crippen LogP contribution in [0.15, 0.2) is 42.0 Å². The molecular formula is C12H11NO2. The predicted molar refractivity (Wildman–Crippen MR) is 55.9 cm³/mol. The van der Waals surface area contributed by atoms with Crippen molar-refractivity contribution in [3.8, 4) is 6.07 Å². The molecule has 0 aromatic heterocycles. The molecule has 0 heterocycles. The van der Waals surface area contributed by atoms with E-state index in [9.17, 15) is 4.79 Å². The molecule has 0 atom stereocenters. The van der Waals surface area contributed by atoms with Gasteiger partial charge >= 0.3 is 5.97 Å². The van der Waals surface area contributed by atoms with E-state index in [1.807, 2.05) is 36.4 Å². The second kappa shape index (κ2) is 5.61. The Morgan fingerprint density at radius 2 is 2.13 bits per heavy atom. The highest BCUT2D eigenvalue weighted by molar-refractivity contribution is 5.92. The highest BCUT2D eigenvalue weighted by Crippen LogP contribution is 2.03. The van der Waals surface area contributed by atoms with Crippen LogP contribution in [-0.2, 0) is 16.0 Å². The van der Waals surface area contributed by atoms with E-state index in [0.717, 1.165) is 5.56 Å². The summed E-state index contributed by atoms with van der Waals surface area (Å²) in [6, 6.07) is 11.4. The average molecular weight is 201 g/mol. The molecule has 0 saturated carbocycles. The number of carbonyl (C=O) groups excluding carboxylic acids is 1. The van der Waals surface area contributed by atoms with Gasteiger partial charge < -0.3 is 4.74 Å². The quantitative estimate of drug-likeness (QED) is 0.426. The second-order valence-electron chi connectivity index (χ2n) is 2.91. The molecule has 0 saturated heterocycles. The maximum Gasteiger partial charge on any atom is 0.348 e. The summed E-state index contributed by atoms with van der Waals surface area (Å²) in [6.45, 7) is 0. The molecule has 0 aliphatic rings. The number of benzene rings is 1. The second-order valence-corrected chi connectivity index (χ2v) is 2.91. The molecule has 15 heavy (non-hydrogen) atoms. The lowest BCUT2D eigenvalue weighted by molar-refractivity contribution is -0.135. The summed E-state index contributed by atoms with van der Waals surface area (Å²) in [5.74, 6) is -0.589. The van der Waals surface area contributed by atoms with Crippen molar-refractivity contribution in [2.24, 2.45) is 0 Å². The van der Waals surface area contributed by atoms with Gasteiger partial charge in [-0.3, -0.25) is 0 Å². The molecule has 76 valence electrons. The van der Waals surface area contributed by atoms with E-state index >= 15 is 0 Å². The molecule has 3 nitrogen and oxygen atoms in total. The van der Waals surface area contributed by atoms with Gasteiger partial charge in [0, 0.05) is 0 Å². The summed E-state index contributed by atoms with van der Waals surface area (Å²) in [5, 5.41) is 8.69. The number of carbonyl (C=O) groups is 1. The number of methoxy groups -OCH3 is 1. The van der Waals surface area contributed by atoms with Gasteiger partial charge in [-0.15, -0.1) is 0 Å². The van der Waals surface area contributed by atoms with E-state index in [1.165, 1.54) is 7.11 Å². The fourth-order valence-electron chi connectivity index (χ4n) is 1.12. The first-order valence-electron chi connectivity index (χ1n) is 4.50. The first-order valence-corrected chi connectivity index (χ1v) is 4.50. The maximum absolute atomic E-state index is 11.1. The third-order valence-electron chi connectivity index (χ3n) is 1.91. The molecule has 0 unspecified atom stereocenters. The third kappa shape index (κ3) is 3.28. The molecule has 1 aromatic rings. The highest BCUT2D eigenvalue weighted by atomic mass is 16.5. The summed E-state index contributed by atoms with van der Waals surface area (Å²) >= 11 is 0. The molecule has 0 spiro atoms. The van der Waals surface area contributed by atoms with E-state index in [1.54, 1.807) is 6.08 Å². The normalized spacial score (nSPS) is 10.5. The zero-order valence-electron chi connectivity index (χ0n) is 8.43. The first-order chi connectivity index (χ1) is 7.27. The Labute approximate surface area is 88.6 Å². The van der Waals surface area contributed by atoms with Gasteiger partial charge in [0.1, 0.15) is 11.6 Å². The van der Waals surface area contributed by atoms with Gasteiger partial charge in [0.05, 0.1) is 7.11 Å². The fraction of sp³-hybridized carbons (Fsp3) is 0.167. The Kier molecular flexibility index (Phi) is 4.11. The third-order valence-corrected chi connectivity index (χ3v) is 1.91. The molecule has 1 rings (SSSR count). The SMILES string of the molecule is COC(=O)/C(C#N)=C/Cc1ccccc1. The summed E-state index contributed by atoms with van der Waals surface area (Å²) < 4.78 is 4.46. The van der Waals surface area contributed by atoms with E-state index in [4.69, 9.17) is 5.26 Å². The summed E-state index contributed by atoms with van der Waals surface area (Å²) in [5.41, 5.74) is 1.09. The van der Waals surface area contributed by atoms with Crippen molar-refractivity contribution in [2.75, 3.05) is 7.11 Å². The van der Waals surface area contributed by atoms with Crippen molar-refractivity contribution < 1.29 is 9.53 Å². The maximum atomic E-state index is 11.1. The van der Waals surface area contributed by atoms with Crippen molar-refractivity contribution in [1.82, 2.24) is 0 Å². The van der Waals surface area contributed by atoms with Gasteiger partial charge in [-0.25, -0.2) is 4.79 Å². The summed E-state index contributed by atoms with van der Waals surface area (Å²) in [7, 11) is 1.26. The Morgan fingerprint density at radius 3 is 2.67 bits per heavy atom. The number of rotatable bonds is 3. The Morgan fingerprint density at radius 1 is 1.47 bits per heavy atom. The van der Waals surface area contributed by atoms with Crippen LogP contribution in [0.3, 0.4) is 0 Å². The number of nitriles is 1. The number of hydrogen-bond acceptors (Lipinski definition) is 3. The Hall–Kier alpha value is -2.08. The molecular weight excluding hydrogens is 190 g/mol. The molecule has 0 amide bonds. The topological polar surface area (TPSA) is 50.1 Å². The Balaban J connectivity index is 2.72. The molecule has 0 N–H and O–H groups in total. The van der Waals surface area contributed by atoms with Gasteiger partial charge in [0.15, 0.2) is 0 Å². The average Bonchev–Trinajstić information content (AvgIpc) is 2.31. The number of esters is 1. The monoisotopic (exact) mass is 201 g/mol. The van der Waals surface area contributed by atoms with Crippen LogP contribution in [0.4, 0.5) is 0 Å². The first kappa shape index (κ1) is 11.0. The molecule has 0 bridgehead atoms. The van der Waals surface area contributed by atoms with Gasteiger partial charge in [-0.2, -0.15) is 5.26 Å². The lowest BCUT2D eigenvalue weighted by atomic mass is 10.1. The minimum Gasteiger partial charge on any atom is -0.465 e. The van der Waals surface area contributed by atoms with E-state index < -0.39 is 5.97 Å². The zero-order valence-corrected chi connectivity index (χ0v) is 8.43. The van der Waals surface area contributed by atoms with E-state index in [0.29, 0.717) is 6.42 Å². The van der Waals surface area contributed by atoms with Crippen LogP contribution < -0.4 is 0 Å². The van der Waals surface area contributed by atoms with Crippen LogP contribution in [0.2, 0.25) is 0 Å². The lowest BCUT2D eigenvalue weighted by Crippen LogP contribution is -2.03. The van der Waals surface area contributed by atoms with Gasteiger partial charge in [0.25, 0.3) is 0 Å². The summed E-state index contributed by atoms with van der Waals surface area (Å²) in [4.78, 5) is 11.1. The van der Waals surface area contributed by atoms with Crippen molar-refractivity contribution in [1.29, 1.82) is 5.26 Å². The number of allylic oxidation sites excluding steroid dienone is 1. The van der Waals surface area contributed by atoms with E-state index in [-0.39, 0.29) is 5.57 Å². The van der Waals surface area contributed by atoms with E-state index in [2.05, 4.69) is 4.74 Å². The smallest absolute Gasteiger partial charge is 0.348 e. The zero-order chi connectivity index (χ0) is 11.1. The van der Waals surface area contributed by atoms with Crippen LogP contribution in [0, 0.1) is 11.3 Å². The number of ether oxygens (including phenoxy) is 1. The molecule has 0 aliphatic heterocycles. The van der Waals surface area contributed by atoms with Crippen molar-refractivity contribution >= 4 is 5.97 Å². The number of nitrogens with zero attached hydrogens (tertiary/aromatic N) is 1. The molecule has 0 aliphatic carbocycles. The minimum atomic E-state index is -0.589. The number of hydrogen-bond donors (Lipinski definition) is 0. The molecule has 0 radical (unpaired) electrons. The van der Waals surface area contributed by atoms with Gasteiger partial charge in [0.2, 0.25) is 0 Å². The molecule has 0 fully saturated rings. The van der Waals surface area contributed by atoms with Crippen molar-refractivity contribution in [2.45, 2.75) is 6.42 Å². The van der Waals surface area contributed by atoms with Gasteiger partial charge in [-0.05, 0) is 12.0 Å². The highest BCUT2D eigenvalue weighted by Gasteiger charge is 2.07. The van der Waals surface area contributed by atoms with Gasteiger partial charge in [-0.1, -0.05) is 36.4 Å².